The van der Waals surface area contributed by atoms with Gasteiger partial charge in [0.1, 0.15) is 6.61 Å². The van der Waals surface area contributed by atoms with Crippen molar-refractivity contribution in [3.05, 3.63) is 70.2 Å². The molecule has 142 valence electrons. The van der Waals surface area contributed by atoms with E-state index in [9.17, 15) is 0 Å². The second kappa shape index (κ2) is 10.8. The lowest BCUT2D eigenvalue weighted by atomic mass is 10.2. The van der Waals surface area contributed by atoms with Gasteiger partial charge in [0, 0.05) is 22.2 Å². The lowest BCUT2D eigenvalue weighted by Crippen LogP contribution is -2.82. The van der Waals surface area contributed by atoms with Gasteiger partial charge in [-0.15, -0.1) is 17.1 Å². The molecule has 0 heterocycles. The number of hydrazine groups is 1. The lowest BCUT2D eigenvalue weighted by Gasteiger charge is -2.13. The summed E-state index contributed by atoms with van der Waals surface area (Å²) in [5, 5.41) is 7.45. The zero-order chi connectivity index (χ0) is 19.6. The van der Waals surface area contributed by atoms with Gasteiger partial charge in [-0.3, -0.25) is 0 Å². The lowest BCUT2D eigenvalue weighted by molar-refractivity contribution is -0.500. The molecule has 2 rings (SSSR count). The molecular formula is C19H20Cl2N3O2S+. The van der Waals surface area contributed by atoms with Gasteiger partial charge < -0.3 is 14.8 Å². The predicted octanol–water partition coefficient (Wildman–Crippen LogP) is 2.65. The fourth-order valence-corrected chi connectivity index (χ4v) is 2.74. The van der Waals surface area contributed by atoms with Crippen LogP contribution in [0.5, 0.6) is 11.5 Å². The second-order valence-corrected chi connectivity index (χ2v) is 6.57. The summed E-state index contributed by atoms with van der Waals surface area (Å²) < 4.78 is 11.4. The van der Waals surface area contributed by atoms with E-state index in [1.54, 1.807) is 31.5 Å². The number of ether oxygens (including phenoxy) is 2. The molecule has 0 fully saturated rings. The zero-order valence-corrected chi connectivity index (χ0v) is 17.0. The Labute approximate surface area is 174 Å². The van der Waals surface area contributed by atoms with Crippen LogP contribution in [0.4, 0.5) is 0 Å². The smallest absolute Gasteiger partial charge is 0.224 e. The minimum atomic E-state index is 0.268. The van der Waals surface area contributed by atoms with Crippen molar-refractivity contribution in [2.24, 2.45) is 0 Å². The number of methoxy groups -OCH3 is 1. The van der Waals surface area contributed by atoms with E-state index in [0.29, 0.717) is 33.2 Å². The van der Waals surface area contributed by atoms with E-state index < -0.39 is 0 Å². The van der Waals surface area contributed by atoms with Crippen LogP contribution in [-0.4, -0.2) is 25.0 Å². The van der Waals surface area contributed by atoms with Crippen molar-refractivity contribution >= 4 is 46.7 Å². The van der Waals surface area contributed by atoms with Crippen LogP contribution in [0.25, 0.3) is 0 Å². The Morgan fingerprint density at radius 1 is 1.30 bits per heavy atom. The molecule has 8 heteroatoms. The first-order valence-electron chi connectivity index (χ1n) is 8.02. The van der Waals surface area contributed by atoms with Gasteiger partial charge in [0.05, 0.1) is 12.7 Å². The highest BCUT2D eigenvalue weighted by molar-refractivity contribution is 7.80. The molecule has 3 N–H and O–H groups in total. The molecule has 0 aliphatic rings. The summed E-state index contributed by atoms with van der Waals surface area (Å²) in [6.07, 6.45) is 3.44. The van der Waals surface area contributed by atoms with Crippen molar-refractivity contribution in [2.45, 2.75) is 6.61 Å². The molecule has 0 radical (unpaired) electrons. The van der Waals surface area contributed by atoms with E-state index in [1.807, 2.05) is 24.3 Å². The Bertz CT molecular complexity index is 844. The molecule has 0 aliphatic carbocycles. The number of hydrogen-bond donors (Lipinski definition) is 3. The van der Waals surface area contributed by atoms with Crippen molar-refractivity contribution in [2.75, 3.05) is 13.7 Å². The highest BCUT2D eigenvalue weighted by Gasteiger charge is 2.13. The third-order valence-corrected chi connectivity index (χ3v) is 4.27. The molecule has 0 aromatic heterocycles. The minimum absolute atomic E-state index is 0.268. The molecule has 5 nitrogen and oxygen atoms in total. The second-order valence-electron chi connectivity index (χ2n) is 5.32. The molecule has 0 saturated carbocycles. The number of hydrazone groups is 1. The fourth-order valence-electron chi connectivity index (χ4n) is 2.14. The topological polar surface area (TPSA) is 56.5 Å². The molecule has 0 spiro atoms. The van der Waals surface area contributed by atoms with Gasteiger partial charge in [0.2, 0.25) is 11.3 Å². The summed E-state index contributed by atoms with van der Waals surface area (Å²) in [5.41, 5.74) is 4.45. The van der Waals surface area contributed by atoms with Gasteiger partial charge in [-0.2, -0.15) is 0 Å². The molecule has 0 bridgehead atoms. The van der Waals surface area contributed by atoms with Gasteiger partial charge in [0.25, 0.3) is 0 Å². The van der Waals surface area contributed by atoms with E-state index in [2.05, 4.69) is 22.4 Å². The molecule has 0 saturated heterocycles. The zero-order valence-electron chi connectivity index (χ0n) is 14.7. The van der Waals surface area contributed by atoms with E-state index in [4.69, 9.17) is 44.9 Å². The number of para-hydroxylation sites is 1. The molecule has 0 unspecified atom stereocenters. The highest BCUT2D eigenvalue weighted by Crippen LogP contribution is 2.31. The molecular weight excluding hydrogens is 405 g/mol. The number of thiocarbonyl (C=S) groups is 1. The average molecular weight is 425 g/mol. The van der Waals surface area contributed by atoms with Crippen LogP contribution in [0.3, 0.4) is 0 Å². The Kier molecular flexibility index (Phi) is 8.39. The first-order chi connectivity index (χ1) is 13.0. The summed E-state index contributed by atoms with van der Waals surface area (Å²) in [6.45, 7) is 4.46. The number of nitrogens with one attached hydrogen (secondary N) is 3. The standard InChI is InChI=1S/C19H19Cl2N3O2S/c1-3-9-22-19(27)24-23-11-13-5-4-6-17(25-2)18(13)26-12-14-7-8-15(20)10-16(14)21/h3-8,10-11H,1,9,12H2,2H3,(H2,22,24,27)/p+1. The molecule has 0 atom stereocenters. The van der Waals surface area contributed by atoms with Crippen molar-refractivity contribution < 1.29 is 14.6 Å². The number of rotatable bonds is 8. The largest absolute Gasteiger partial charge is 0.493 e. The molecule has 27 heavy (non-hydrogen) atoms. The Balaban J connectivity index is 2.14. The SMILES string of the molecule is C=CCNC(=S)N[NH+]=Cc1cccc(OC)c1OCc1ccc(Cl)cc1Cl. The van der Waals surface area contributed by atoms with Crippen molar-refractivity contribution in [3.8, 4) is 11.5 Å². The van der Waals surface area contributed by atoms with Crippen LogP contribution in [-0.2, 0) is 6.61 Å². The van der Waals surface area contributed by atoms with Gasteiger partial charge in [-0.05, 0) is 36.5 Å². The Hall–Kier alpha value is -2.28. The fraction of sp³-hybridized carbons (Fsp3) is 0.158. The van der Waals surface area contributed by atoms with Crippen LogP contribution in [0.2, 0.25) is 10.0 Å². The van der Waals surface area contributed by atoms with Crippen molar-refractivity contribution in [1.29, 1.82) is 0 Å². The first-order valence-corrected chi connectivity index (χ1v) is 9.18. The van der Waals surface area contributed by atoms with Gasteiger partial charge in [0.15, 0.2) is 11.5 Å². The monoisotopic (exact) mass is 424 g/mol. The highest BCUT2D eigenvalue weighted by atomic mass is 35.5. The maximum atomic E-state index is 6.22. The average Bonchev–Trinajstić information content (AvgIpc) is 2.66. The van der Waals surface area contributed by atoms with E-state index in [-0.39, 0.29) is 6.61 Å². The third-order valence-electron chi connectivity index (χ3n) is 3.44. The van der Waals surface area contributed by atoms with Crippen LogP contribution in [0.1, 0.15) is 11.1 Å². The summed E-state index contributed by atoms with van der Waals surface area (Å²) in [4.78, 5) is 0. The van der Waals surface area contributed by atoms with E-state index >= 15 is 0 Å². The molecule has 2 aromatic rings. The van der Waals surface area contributed by atoms with Gasteiger partial charge >= 0.3 is 0 Å². The number of hydrogen-bond acceptors (Lipinski definition) is 3. The van der Waals surface area contributed by atoms with Crippen LogP contribution < -0.4 is 25.3 Å². The number of benzene rings is 2. The third kappa shape index (κ3) is 6.43. The Morgan fingerprint density at radius 2 is 2.11 bits per heavy atom. The normalized spacial score (nSPS) is 10.5. The predicted molar refractivity (Wildman–Crippen MR) is 114 cm³/mol. The van der Waals surface area contributed by atoms with Crippen LogP contribution in [0.15, 0.2) is 49.1 Å². The van der Waals surface area contributed by atoms with E-state index in [1.165, 1.54) is 0 Å². The van der Waals surface area contributed by atoms with Crippen molar-refractivity contribution in [3.63, 3.8) is 0 Å². The molecule has 0 aliphatic heterocycles. The van der Waals surface area contributed by atoms with Crippen molar-refractivity contribution in [1.82, 2.24) is 10.7 Å². The summed E-state index contributed by atoms with van der Waals surface area (Å²) in [5.74, 6) is 1.17. The number of halogens is 2. The maximum Gasteiger partial charge on any atom is 0.224 e. The molecule has 0 amide bonds. The maximum absolute atomic E-state index is 6.22. The van der Waals surface area contributed by atoms with Gasteiger partial charge in [-0.25, -0.2) is 0 Å². The Morgan fingerprint density at radius 3 is 2.81 bits per heavy atom. The van der Waals surface area contributed by atoms with Crippen LogP contribution in [0, 0.1) is 0 Å². The summed E-state index contributed by atoms with van der Waals surface area (Å²) in [6, 6.07) is 10.8. The first kappa shape index (κ1) is 21.0. The minimum Gasteiger partial charge on any atom is -0.493 e. The quantitative estimate of drug-likeness (QED) is 0.263. The summed E-state index contributed by atoms with van der Waals surface area (Å²) >= 11 is 17.3. The molecule has 2 aromatic carbocycles. The van der Waals surface area contributed by atoms with E-state index in [0.717, 1.165) is 11.1 Å². The van der Waals surface area contributed by atoms with Gasteiger partial charge in [-0.1, -0.05) is 41.4 Å². The summed E-state index contributed by atoms with van der Waals surface area (Å²) in [7, 11) is 1.58. The van der Waals surface area contributed by atoms with Crippen LogP contribution >= 0.6 is 35.4 Å².